The molecule has 0 aromatic carbocycles. The van der Waals surface area contributed by atoms with Gasteiger partial charge in [-0.2, -0.15) is 18.3 Å². The average Bonchev–Trinajstić information content (AvgIpc) is 2.94. The van der Waals surface area contributed by atoms with Crippen molar-refractivity contribution in [2.24, 2.45) is 17.8 Å². The number of rotatable bonds is 2. The summed E-state index contributed by atoms with van der Waals surface area (Å²) in [4.78, 5) is 12.8. The molecule has 4 aliphatic carbocycles. The van der Waals surface area contributed by atoms with Gasteiger partial charge < -0.3 is 5.32 Å². The Morgan fingerprint density at radius 3 is 2.26 bits per heavy atom. The number of aromatic nitrogens is 2. The van der Waals surface area contributed by atoms with Crippen LogP contribution in [0.25, 0.3) is 0 Å². The van der Waals surface area contributed by atoms with Gasteiger partial charge in [-0.25, -0.2) is 4.39 Å². The molecule has 0 radical (unpaired) electrons. The summed E-state index contributed by atoms with van der Waals surface area (Å²) in [5.41, 5.74) is -3.54. The van der Waals surface area contributed by atoms with E-state index in [1.165, 1.54) is 0 Å². The number of nitrogens with zero attached hydrogens (tertiary/aromatic N) is 2. The van der Waals surface area contributed by atoms with Gasteiger partial charge in [0.15, 0.2) is 5.69 Å². The summed E-state index contributed by atoms with van der Waals surface area (Å²) in [7, 11) is 0. The van der Waals surface area contributed by atoms with E-state index in [0.29, 0.717) is 25.2 Å². The zero-order valence-corrected chi connectivity index (χ0v) is 15.7. The Balaban J connectivity index is 1.60. The summed E-state index contributed by atoms with van der Waals surface area (Å²) in [6.45, 7) is 4.82. The molecule has 27 heavy (non-hydrogen) atoms. The van der Waals surface area contributed by atoms with Crippen molar-refractivity contribution in [1.29, 1.82) is 0 Å². The van der Waals surface area contributed by atoms with Crippen molar-refractivity contribution in [2.45, 2.75) is 76.3 Å². The maximum absolute atomic E-state index is 14.8. The summed E-state index contributed by atoms with van der Waals surface area (Å²) >= 11 is 0. The summed E-state index contributed by atoms with van der Waals surface area (Å²) in [6.07, 6.45) is -0.603. The molecule has 4 saturated carbocycles. The minimum absolute atomic E-state index is 0.0113. The van der Waals surface area contributed by atoms with Crippen LogP contribution in [0.1, 0.15) is 68.9 Å². The number of halogens is 4. The third kappa shape index (κ3) is 3.14. The molecule has 2 atom stereocenters. The zero-order chi connectivity index (χ0) is 19.8. The summed E-state index contributed by atoms with van der Waals surface area (Å²) in [5.74, 6) is -0.396. The van der Waals surface area contributed by atoms with Gasteiger partial charge in [0.1, 0.15) is 5.67 Å². The third-order valence-electron chi connectivity index (χ3n) is 6.41. The lowest BCUT2D eigenvalue weighted by atomic mass is 9.53. The van der Waals surface area contributed by atoms with E-state index in [4.69, 9.17) is 0 Å². The second-order valence-electron chi connectivity index (χ2n) is 9.61. The van der Waals surface area contributed by atoms with Crippen LogP contribution in [0.3, 0.4) is 0 Å². The Hall–Kier alpha value is -1.60. The molecule has 1 aromatic rings. The van der Waals surface area contributed by atoms with Crippen LogP contribution >= 0.6 is 0 Å². The van der Waals surface area contributed by atoms with Gasteiger partial charge in [0, 0.05) is 6.04 Å². The predicted molar refractivity (Wildman–Crippen MR) is 90.9 cm³/mol. The highest BCUT2D eigenvalue weighted by molar-refractivity contribution is 5.95. The Kier molecular flexibility index (Phi) is 3.96. The molecule has 150 valence electrons. The molecule has 4 fully saturated rings. The highest BCUT2D eigenvalue weighted by Crippen LogP contribution is 2.57. The van der Waals surface area contributed by atoms with Crippen molar-refractivity contribution in [3.05, 3.63) is 17.5 Å². The van der Waals surface area contributed by atoms with Crippen molar-refractivity contribution in [2.75, 3.05) is 0 Å². The largest absolute Gasteiger partial charge is 0.433 e. The Morgan fingerprint density at radius 1 is 1.19 bits per heavy atom. The van der Waals surface area contributed by atoms with E-state index >= 15 is 0 Å². The third-order valence-corrected chi connectivity index (χ3v) is 6.41. The molecule has 1 aromatic heterocycles. The topological polar surface area (TPSA) is 46.9 Å². The molecule has 4 nitrogen and oxygen atoms in total. The van der Waals surface area contributed by atoms with E-state index in [9.17, 15) is 22.4 Å². The molecule has 0 aliphatic heterocycles. The number of alkyl halides is 4. The highest BCUT2D eigenvalue weighted by Gasteiger charge is 2.56. The van der Waals surface area contributed by atoms with Crippen LogP contribution in [0, 0.1) is 17.8 Å². The number of carbonyl (C=O) groups is 1. The maximum Gasteiger partial charge on any atom is 0.433 e. The van der Waals surface area contributed by atoms with Crippen LogP contribution < -0.4 is 5.32 Å². The lowest BCUT2D eigenvalue weighted by molar-refractivity contribution is -0.146. The SMILES string of the molecule is CC(C)(C)n1ncc(C(=O)NC2C3CC4CC2CC(F)(C4)C3)c1C(F)(F)F. The highest BCUT2D eigenvalue weighted by atomic mass is 19.4. The van der Waals surface area contributed by atoms with Gasteiger partial charge in [-0.3, -0.25) is 9.48 Å². The normalized spacial score (nSPS) is 35.5. The van der Waals surface area contributed by atoms with Crippen molar-refractivity contribution in [3.8, 4) is 0 Å². The maximum atomic E-state index is 14.8. The van der Waals surface area contributed by atoms with Crippen LogP contribution in [0.4, 0.5) is 17.6 Å². The number of carbonyl (C=O) groups excluding carboxylic acids is 1. The Bertz CT molecular complexity index is 748. The average molecular weight is 387 g/mol. The van der Waals surface area contributed by atoms with Gasteiger partial charge in [-0.15, -0.1) is 0 Å². The van der Waals surface area contributed by atoms with Gasteiger partial charge >= 0.3 is 6.18 Å². The molecule has 1 heterocycles. The smallest absolute Gasteiger partial charge is 0.349 e. The molecule has 4 bridgehead atoms. The van der Waals surface area contributed by atoms with E-state index in [-0.39, 0.29) is 17.9 Å². The molecule has 0 spiro atoms. The van der Waals surface area contributed by atoms with E-state index < -0.39 is 34.5 Å². The first-order valence-corrected chi connectivity index (χ1v) is 9.53. The van der Waals surface area contributed by atoms with Gasteiger partial charge in [0.05, 0.1) is 17.3 Å². The molecular formula is C19H25F4N3O. The van der Waals surface area contributed by atoms with Gasteiger partial charge in [0.2, 0.25) is 0 Å². The van der Waals surface area contributed by atoms with E-state index in [0.717, 1.165) is 23.7 Å². The minimum Gasteiger partial charge on any atom is -0.349 e. The quantitative estimate of drug-likeness (QED) is 0.769. The zero-order valence-electron chi connectivity index (χ0n) is 15.7. The second-order valence-corrected chi connectivity index (χ2v) is 9.61. The lowest BCUT2D eigenvalue weighted by Crippen LogP contribution is -2.60. The van der Waals surface area contributed by atoms with Crippen molar-refractivity contribution in [1.82, 2.24) is 15.1 Å². The van der Waals surface area contributed by atoms with E-state index in [1.807, 2.05) is 0 Å². The first kappa shape index (κ1) is 18.7. The number of hydrogen-bond acceptors (Lipinski definition) is 2. The van der Waals surface area contributed by atoms with Crippen LogP contribution in [0.15, 0.2) is 6.20 Å². The fourth-order valence-electron chi connectivity index (χ4n) is 5.69. The van der Waals surface area contributed by atoms with Crippen molar-refractivity contribution in [3.63, 3.8) is 0 Å². The van der Waals surface area contributed by atoms with E-state index in [2.05, 4.69) is 10.4 Å². The summed E-state index contributed by atoms with van der Waals surface area (Å²) < 4.78 is 56.6. The fraction of sp³-hybridized carbons (Fsp3) is 0.789. The molecule has 0 saturated heterocycles. The minimum atomic E-state index is -4.69. The van der Waals surface area contributed by atoms with Crippen LogP contribution in [-0.4, -0.2) is 27.4 Å². The summed E-state index contributed by atoms with van der Waals surface area (Å²) in [6, 6.07) is -0.253. The second kappa shape index (κ2) is 5.70. The van der Waals surface area contributed by atoms with Crippen LogP contribution in [-0.2, 0) is 11.7 Å². The van der Waals surface area contributed by atoms with Gasteiger partial charge in [-0.05, 0) is 70.6 Å². The first-order valence-electron chi connectivity index (χ1n) is 9.53. The standard InChI is InChI=1S/C19H25F4N3O/c1-17(2,3)26-15(19(21,22)23)13(9-24-26)16(27)25-14-11-4-10-5-12(14)8-18(20,6-10)7-11/h9-12,14H,4-8H2,1-3H3,(H,25,27). The van der Waals surface area contributed by atoms with E-state index in [1.54, 1.807) is 20.8 Å². The lowest BCUT2D eigenvalue weighted by Gasteiger charge is -2.56. The Morgan fingerprint density at radius 2 is 1.78 bits per heavy atom. The Labute approximate surface area is 155 Å². The molecule has 5 rings (SSSR count). The number of hydrogen-bond donors (Lipinski definition) is 1. The number of amides is 1. The van der Waals surface area contributed by atoms with Crippen LogP contribution in [0.5, 0.6) is 0 Å². The molecule has 2 unspecified atom stereocenters. The van der Waals surface area contributed by atoms with Gasteiger partial charge in [0.25, 0.3) is 5.91 Å². The monoisotopic (exact) mass is 387 g/mol. The molecular weight excluding hydrogens is 362 g/mol. The van der Waals surface area contributed by atoms with Crippen molar-refractivity contribution >= 4 is 5.91 Å². The predicted octanol–water partition coefficient (Wildman–Crippen LogP) is 4.30. The van der Waals surface area contributed by atoms with Crippen LogP contribution in [0.2, 0.25) is 0 Å². The molecule has 4 aliphatic rings. The molecule has 8 heteroatoms. The molecule has 1 N–H and O–H groups in total. The summed E-state index contributed by atoms with van der Waals surface area (Å²) in [5, 5.41) is 6.66. The van der Waals surface area contributed by atoms with Gasteiger partial charge in [-0.1, -0.05) is 0 Å². The van der Waals surface area contributed by atoms with Crippen molar-refractivity contribution < 1.29 is 22.4 Å². The first-order chi connectivity index (χ1) is 12.4. The molecule has 1 amide bonds. The number of nitrogens with one attached hydrogen (secondary N) is 1. The fourth-order valence-corrected chi connectivity index (χ4v) is 5.69.